The predicted molar refractivity (Wildman–Crippen MR) is 24.9 cm³/mol. The number of hydrogen-bond acceptors (Lipinski definition) is 1. The molecule has 0 amide bonds. The molecule has 0 aromatic heterocycles. The van der Waals surface area contributed by atoms with E-state index >= 15 is 0 Å². The minimum absolute atomic E-state index is 0. The van der Waals surface area contributed by atoms with Crippen molar-refractivity contribution in [1.82, 2.24) is 0 Å². The van der Waals surface area contributed by atoms with Gasteiger partial charge in [0.25, 0.3) is 0 Å². The monoisotopic (exact) mass is 440 g/mol. The molecule has 0 atom stereocenters. The van der Waals surface area contributed by atoms with Crippen LogP contribution in [0.25, 0.3) is 0 Å². The largest absolute Gasteiger partial charge is 0 e. The fourth-order valence-electron chi connectivity index (χ4n) is 0. The van der Waals surface area contributed by atoms with Crippen molar-refractivity contribution in [2.75, 3.05) is 0 Å². The Bertz CT molecular complexity index is 9.61. The first-order valence-corrected chi connectivity index (χ1v) is 1.37. The molecule has 0 saturated heterocycles. The third-order valence-electron chi connectivity index (χ3n) is 0. The minimum Gasteiger partial charge on any atom is 0 e. The van der Waals surface area contributed by atoms with Crippen LogP contribution in [0, 0.1) is 0 Å². The first kappa shape index (κ1) is 24.8. The summed E-state index contributed by atoms with van der Waals surface area (Å²) < 4.78 is 8.34. The van der Waals surface area contributed by atoms with E-state index in [1.807, 2.05) is 0 Å². The van der Waals surface area contributed by atoms with E-state index < -0.39 is 0 Å². The quantitative estimate of drug-likeness (QED) is 0.379. The van der Waals surface area contributed by atoms with Gasteiger partial charge in [-0.05, 0) is 0 Å². The van der Waals surface area contributed by atoms with Crippen molar-refractivity contribution in [2.24, 2.45) is 0 Å². The zero-order valence-corrected chi connectivity index (χ0v) is 12.2. The van der Waals surface area contributed by atoms with Gasteiger partial charge >= 0.3 is 75.3 Å². The topological polar surface area (TPSA) is 17.1 Å². The van der Waals surface area contributed by atoms with Gasteiger partial charge < -0.3 is 0 Å². The molecule has 0 N–H and O–H groups in total. The Kier molecular flexibility index (Phi) is 142. The normalized spacial score (nSPS) is 0.800. The Balaban J connectivity index is -0.00000000167. The summed E-state index contributed by atoms with van der Waals surface area (Å²) in [6, 6.07) is 0. The van der Waals surface area contributed by atoms with E-state index in [1.54, 1.807) is 0 Å². The van der Waals surface area contributed by atoms with E-state index in [-0.39, 0.29) is 69.2 Å². The molecule has 0 aliphatic carbocycles. The van der Waals surface area contributed by atoms with Crippen LogP contribution >= 0.6 is 0 Å². The van der Waals surface area contributed by atoms with Crippen molar-refractivity contribution in [3.8, 4) is 0 Å². The molecule has 24 valence electrons. The summed E-state index contributed by atoms with van der Waals surface area (Å²) >= 11 is 0.300. The number of hydrogen-bond donors (Lipinski definition) is 0. The van der Waals surface area contributed by atoms with Gasteiger partial charge in [0.05, 0.1) is 0 Å². The number of rotatable bonds is 0. The van der Waals surface area contributed by atoms with Crippen LogP contribution in [0.2, 0.25) is 0 Å². The summed E-state index contributed by atoms with van der Waals surface area (Å²) in [5.74, 6) is 0. The van der Waals surface area contributed by atoms with Crippen molar-refractivity contribution in [1.29, 1.82) is 0 Å². The van der Waals surface area contributed by atoms with Gasteiger partial charge in [0.1, 0.15) is 0 Å². The van der Waals surface area contributed by atoms with Crippen molar-refractivity contribution in [3.05, 3.63) is 0 Å². The fraction of sp³-hybridized carbons (Fsp3) is 0. The van der Waals surface area contributed by atoms with Crippen LogP contribution < -0.4 is 0 Å². The van der Waals surface area contributed by atoms with Gasteiger partial charge in [-0.25, -0.2) is 0 Å². The second-order valence-corrected chi connectivity index (χ2v) is 0. The molecule has 0 aromatic rings. The zero-order valence-electron chi connectivity index (χ0n) is 2.32. The minimum atomic E-state index is 0. The van der Waals surface area contributed by atoms with Crippen LogP contribution in [0.1, 0.15) is 0 Å². The Hall–Kier alpha value is 2.89. The standard InChI is InChI=1S/In.O.2Sn.Zn.5H. The van der Waals surface area contributed by atoms with Crippen LogP contribution in [0.4, 0.5) is 0 Å². The summed E-state index contributed by atoms with van der Waals surface area (Å²) in [6.45, 7) is 0. The molecular weight excluding hydrogens is 434 g/mol. The molecular formula is H5InOSn2Zn. The molecule has 5 heteroatoms. The molecule has 0 rings (SSSR count). The van der Waals surface area contributed by atoms with Gasteiger partial charge in [0, 0.05) is 19.5 Å². The maximum absolute atomic E-state index is 8.34. The van der Waals surface area contributed by atoms with E-state index in [9.17, 15) is 0 Å². The average molecular weight is 439 g/mol. The smallest absolute Gasteiger partial charge is 0 e. The van der Waals surface area contributed by atoms with Crippen LogP contribution in [0.3, 0.4) is 0 Å². The van der Waals surface area contributed by atoms with Gasteiger partial charge in [-0.1, -0.05) is 0 Å². The van der Waals surface area contributed by atoms with Gasteiger partial charge in [0.15, 0.2) is 0 Å². The molecule has 0 heterocycles. The Labute approximate surface area is 93.0 Å². The molecule has 0 fully saturated rings. The Morgan fingerprint density at radius 2 is 1.20 bits per heavy atom. The molecule has 4 radical (unpaired) electrons. The molecule has 0 saturated carbocycles. The van der Waals surface area contributed by atoms with Crippen molar-refractivity contribution in [2.45, 2.75) is 0 Å². The van der Waals surface area contributed by atoms with Gasteiger partial charge in [-0.2, -0.15) is 0 Å². The van der Waals surface area contributed by atoms with E-state index in [1.165, 1.54) is 0 Å². The van der Waals surface area contributed by atoms with Crippen molar-refractivity contribution in [3.63, 3.8) is 0 Å². The second kappa shape index (κ2) is 28.6. The summed E-state index contributed by atoms with van der Waals surface area (Å²) in [7, 11) is 0. The Morgan fingerprint density at radius 1 is 1.20 bits per heavy atom. The predicted octanol–water partition coefficient (Wildman–Crippen LogP) is -2.60. The maximum Gasteiger partial charge on any atom is 0 e. The summed E-state index contributed by atoms with van der Waals surface area (Å²) in [4.78, 5) is 0. The van der Waals surface area contributed by atoms with Crippen LogP contribution in [-0.2, 0) is 22.6 Å². The van der Waals surface area contributed by atoms with E-state index in [0.29, 0.717) is 22.5 Å². The molecule has 0 aromatic carbocycles. The molecule has 0 bridgehead atoms. The maximum atomic E-state index is 8.34. The average Bonchev–Trinajstić information content (AvgIpc) is 1.00. The summed E-state index contributed by atoms with van der Waals surface area (Å²) in [6.07, 6.45) is 0. The van der Waals surface area contributed by atoms with Crippen molar-refractivity contribution >= 4 is 72.3 Å². The zero-order chi connectivity index (χ0) is 2.00. The first-order chi connectivity index (χ1) is 1.00. The second-order valence-electron chi connectivity index (χ2n) is 0. The third-order valence-corrected chi connectivity index (χ3v) is 0. The third kappa shape index (κ3) is 19.7. The molecule has 0 aliphatic rings. The molecule has 1 nitrogen and oxygen atoms in total. The van der Waals surface area contributed by atoms with Crippen LogP contribution in [0.15, 0.2) is 0 Å². The van der Waals surface area contributed by atoms with Gasteiger partial charge in [0.2, 0.25) is 0 Å². The SMILES string of the molecule is [InH3].[O]=[Sn].[SnH2].[Zn]. The van der Waals surface area contributed by atoms with Gasteiger partial charge in [-0.15, -0.1) is 0 Å². The summed E-state index contributed by atoms with van der Waals surface area (Å²) in [5.41, 5.74) is 0. The van der Waals surface area contributed by atoms with Crippen molar-refractivity contribution < 1.29 is 22.6 Å². The Morgan fingerprint density at radius 3 is 1.20 bits per heavy atom. The van der Waals surface area contributed by atoms with E-state index in [4.69, 9.17) is 3.08 Å². The van der Waals surface area contributed by atoms with Crippen LogP contribution in [0.5, 0.6) is 0 Å². The van der Waals surface area contributed by atoms with Gasteiger partial charge in [-0.3, -0.25) is 0 Å². The molecule has 0 spiro atoms. The van der Waals surface area contributed by atoms with Crippen LogP contribution in [-0.4, -0.2) is 72.3 Å². The molecule has 0 unspecified atom stereocenters. The molecule has 0 aliphatic heterocycles. The first-order valence-electron chi connectivity index (χ1n) is 0.204. The fourth-order valence-corrected chi connectivity index (χ4v) is 0. The summed E-state index contributed by atoms with van der Waals surface area (Å²) in [5, 5.41) is 0. The molecule has 5 heavy (non-hydrogen) atoms. The van der Waals surface area contributed by atoms with E-state index in [0.717, 1.165) is 0 Å². The van der Waals surface area contributed by atoms with E-state index in [2.05, 4.69) is 0 Å².